The summed E-state index contributed by atoms with van der Waals surface area (Å²) < 4.78 is 0. The summed E-state index contributed by atoms with van der Waals surface area (Å²) in [7, 11) is 0. The van der Waals surface area contributed by atoms with Crippen molar-refractivity contribution in [2.75, 3.05) is 0 Å². The van der Waals surface area contributed by atoms with Crippen LogP contribution in [0, 0.1) is 5.92 Å². The summed E-state index contributed by atoms with van der Waals surface area (Å²) in [5.41, 5.74) is 5.97. The molecule has 1 rings (SSSR count). The second-order valence-electron chi connectivity index (χ2n) is 3.50. The van der Waals surface area contributed by atoms with Crippen LogP contribution in [0.2, 0.25) is 0 Å². The molecule has 0 aromatic heterocycles. The van der Waals surface area contributed by atoms with Gasteiger partial charge in [-0.3, -0.25) is 0 Å². The first kappa shape index (κ1) is 11.6. The van der Waals surface area contributed by atoms with Crippen LogP contribution >= 0.6 is 0 Å². The molecule has 1 saturated carbocycles. The fourth-order valence-corrected chi connectivity index (χ4v) is 1.97. The third-order valence-corrected chi connectivity index (χ3v) is 2.63. The fraction of sp³-hybridized carbons (Fsp3) is 1.00. The van der Waals surface area contributed by atoms with E-state index < -0.39 is 0 Å². The van der Waals surface area contributed by atoms with E-state index in [1.807, 2.05) is 0 Å². The topological polar surface area (TPSA) is 26.0 Å². The summed E-state index contributed by atoms with van der Waals surface area (Å²) in [5.74, 6) is 0.846. The van der Waals surface area contributed by atoms with Crippen molar-refractivity contribution in [1.82, 2.24) is 0 Å². The Bertz CT molecular complexity index is 98.5. The van der Waals surface area contributed by atoms with Gasteiger partial charge in [-0.25, -0.2) is 0 Å². The molecule has 0 heterocycles. The van der Waals surface area contributed by atoms with Crippen LogP contribution in [0.25, 0.3) is 0 Å². The smallest absolute Gasteiger partial charge is 1.00 e. The number of hydrogen-bond donors (Lipinski definition) is 1. The molecule has 0 amide bonds. The van der Waals surface area contributed by atoms with Gasteiger partial charge in [0, 0.05) is 6.04 Å². The van der Waals surface area contributed by atoms with Crippen molar-refractivity contribution in [1.29, 1.82) is 0 Å². The third kappa shape index (κ3) is 3.65. The Kier molecular flexibility index (Phi) is 6.43. The fourth-order valence-electron chi connectivity index (χ4n) is 1.97. The second kappa shape index (κ2) is 6.12. The van der Waals surface area contributed by atoms with Gasteiger partial charge in [-0.05, 0) is 25.2 Å². The van der Waals surface area contributed by atoms with E-state index in [0.29, 0.717) is 6.04 Å². The van der Waals surface area contributed by atoms with Gasteiger partial charge in [0.1, 0.15) is 0 Å². The molecule has 2 atom stereocenters. The molecule has 0 spiro atoms. The first-order valence-electron chi connectivity index (χ1n) is 4.60. The molecule has 1 fully saturated rings. The zero-order valence-corrected chi connectivity index (χ0v) is 7.97. The first-order chi connectivity index (χ1) is 4.84. The van der Waals surface area contributed by atoms with Gasteiger partial charge < -0.3 is 7.16 Å². The summed E-state index contributed by atoms with van der Waals surface area (Å²) in [6, 6.07) is 0.522. The minimum absolute atomic E-state index is 0. The molecule has 0 aliphatic heterocycles. The maximum atomic E-state index is 5.97. The van der Waals surface area contributed by atoms with Crippen LogP contribution in [0.3, 0.4) is 0 Å². The summed E-state index contributed by atoms with van der Waals surface area (Å²) in [4.78, 5) is 0. The van der Waals surface area contributed by atoms with Gasteiger partial charge in [0.25, 0.3) is 0 Å². The van der Waals surface area contributed by atoms with E-state index >= 15 is 0 Å². The Hall–Kier alpha value is 0.557. The molecule has 0 aromatic carbocycles. The van der Waals surface area contributed by atoms with E-state index in [-0.39, 0.29) is 20.3 Å². The van der Waals surface area contributed by atoms with E-state index in [0.717, 1.165) is 5.92 Å². The quantitative estimate of drug-likeness (QED) is 0.522. The van der Waals surface area contributed by atoms with Crippen molar-refractivity contribution >= 4 is 0 Å². The van der Waals surface area contributed by atoms with Crippen molar-refractivity contribution in [2.24, 2.45) is 11.7 Å². The van der Waals surface area contributed by atoms with Crippen molar-refractivity contribution in [3.63, 3.8) is 0 Å². The molecule has 1 aliphatic carbocycles. The standard InChI is InChI=1S/C9H19N.Li.H/c1-2-5-8-6-3-4-7-9(8)10;;/h8-9H,2-7,10H2,1H3;;/q;+1;-1. The Balaban J connectivity index is 0. The van der Waals surface area contributed by atoms with Gasteiger partial charge in [-0.15, -0.1) is 0 Å². The molecule has 1 nitrogen and oxygen atoms in total. The van der Waals surface area contributed by atoms with Crippen LogP contribution in [0.15, 0.2) is 0 Å². The number of hydrogen-bond acceptors (Lipinski definition) is 1. The van der Waals surface area contributed by atoms with Gasteiger partial charge in [0.15, 0.2) is 0 Å². The van der Waals surface area contributed by atoms with E-state index in [9.17, 15) is 0 Å². The summed E-state index contributed by atoms with van der Waals surface area (Å²) in [6.45, 7) is 2.25. The zero-order chi connectivity index (χ0) is 7.40. The molecule has 0 saturated heterocycles. The molecule has 1 aliphatic rings. The molecular formula is C9H20LiN. The Morgan fingerprint density at radius 1 is 1.36 bits per heavy atom. The van der Waals surface area contributed by atoms with Gasteiger partial charge in [0.05, 0.1) is 0 Å². The predicted molar refractivity (Wildman–Crippen MR) is 46.0 cm³/mol. The van der Waals surface area contributed by atoms with Crippen LogP contribution in [0.1, 0.15) is 46.9 Å². The number of nitrogens with two attached hydrogens (primary N) is 1. The molecule has 0 radical (unpaired) electrons. The van der Waals surface area contributed by atoms with Gasteiger partial charge in [0.2, 0.25) is 0 Å². The largest absolute Gasteiger partial charge is 1.00 e. The SMILES string of the molecule is CCCC1CCCCC1N.[H-].[Li+]. The molecule has 0 bridgehead atoms. The van der Waals surface area contributed by atoms with Crippen molar-refractivity contribution < 1.29 is 20.3 Å². The minimum Gasteiger partial charge on any atom is -1.00 e. The number of rotatable bonds is 2. The molecule has 62 valence electrons. The molecule has 11 heavy (non-hydrogen) atoms. The van der Waals surface area contributed by atoms with Gasteiger partial charge in [-0.1, -0.05) is 26.2 Å². The van der Waals surface area contributed by atoms with Crippen LogP contribution in [0.5, 0.6) is 0 Å². The van der Waals surface area contributed by atoms with Crippen molar-refractivity contribution in [3.05, 3.63) is 0 Å². The van der Waals surface area contributed by atoms with E-state index in [2.05, 4.69) is 6.92 Å². The average Bonchev–Trinajstić information content (AvgIpc) is 1.94. The first-order valence-corrected chi connectivity index (χ1v) is 4.60. The van der Waals surface area contributed by atoms with Crippen molar-refractivity contribution in [3.8, 4) is 0 Å². The normalized spacial score (nSPS) is 31.1. The molecule has 2 N–H and O–H groups in total. The molecule has 2 heteroatoms. The van der Waals surface area contributed by atoms with Gasteiger partial charge in [-0.2, -0.15) is 0 Å². The van der Waals surface area contributed by atoms with E-state index in [1.165, 1.54) is 38.5 Å². The molecular weight excluding hydrogens is 129 g/mol. The summed E-state index contributed by atoms with van der Waals surface area (Å²) in [5, 5.41) is 0. The summed E-state index contributed by atoms with van der Waals surface area (Å²) >= 11 is 0. The maximum Gasteiger partial charge on any atom is 1.00 e. The molecule has 0 aromatic rings. The van der Waals surface area contributed by atoms with E-state index in [1.54, 1.807) is 0 Å². The average molecular weight is 149 g/mol. The third-order valence-electron chi connectivity index (χ3n) is 2.63. The summed E-state index contributed by atoms with van der Waals surface area (Å²) in [6.07, 6.45) is 8.08. The Morgan fingerprint density at radius 3 is 2.55 bits per heavy atom. The van der Waals surface area contributed by atoms with E-state index in [4.69, 9.17) is 5.73 Å². The molecule has 2 unspecified atom stereocenters. The zero-order valence-electron chi connectivity index (χ0n) is 8.97. The Labute approximate surface area is 83.8 Å². The Morgan fingerprint density at radius 2 is 2.00 bits per heavy atom. The predicted octanol–water partition coefficient (Wildman–Crippen LogP) is -0.579. The van der Waals surface area contributed by atoms with Crippen LogP contribution < -0.4 is 24.6 Å². The van der Waals surface area contributed by atoms with Crippen LogP contribution in [-0.4, -0.2) is 6.04 Å². The van der Waals surface area contributed by atoms with Crippen LogP contribution in [0.4, 0.5) is 0 Å². The van der Waals surface area contributed by atoms with Gasteiger partial charge >= 0.3 is 18.9 Å². The second-order valence-corrected chi connectivity index (χ2v) is 3.50. The van der Waals surface area contributed by atoms with Crippen LogP contribution in [-0.2, 0) is 0 Å². The monoisotopic (exact) mass is 149 g/mol. The maximum absolute atomic E-state index is 5.97. The van der Waals surface area contributed by atoms with Crippen molar-refractivity contribution in [2.45, 2.75) is 51.5 Å². The minimum atomic E-state index is 0.